The van der Waals surface area contributed by atoms with Crippen LogP contribution in [0.1, 0.15) is 39.5 Å². The monoisotopic (exact) mass is 156 g/mol. The number of rotatable bonds is 1. The standard InChI is InChI=1S/C9H20N2/c1-7(2)8-5-3-4-6-9(10)11-8/h7-9,11H,3-6,10H2,1-2H3. The zero-order valence-corrected chi connectivity index (χ0v) is 7.64. The third-order valence-corrected chi connectivity index (χ3v) is 2.51. The Labute approximate surface area is 69.5 Å². The summed E-state index contributed by atoms with van der Waals surface area (Å²) in [5, 5.41) is 3.46. The molecule has 0 aromatic heterocycles. The molecule has 1 heterocycles. The Morgan fingerprint density at radius 3 is 2.55 bits per heavy atom. The highest BCUT2D eigenvalue weighted by Crippen LogP contribution is 2.15. The second-order valence-corrected chi connectivity index (χ2v) is 3.91. The fraction of sp³-hybridized carbons (Fsp3) is 1.00. The van der Waals surface area contributed by atoms with Gasteiger partial charge in [-0.05, 0) is 18.8 Å². The van der Waals surface area contributed by atoms with Crippen LogP contribution in [0.25, 0.3) is 0 Å². The summed E-state index contributed by atoms with van der Waals surface area (Å²) in [6, 6.07) is 0.646. The van der Waals surface area contributed by atoms with E-state index in [9.17, 15) is 0 Å². The van der Waals surface area contributed by atoms with Gasteiger partial charge in [-0.25, -0.2) is 0 Å². The van der Waals surface area contributed by atoms with Crippen LogP contribution in [0.2, 0.25) is 0 Å². The van der Waals surface area contributed by atoms with Crippen molar-refractivity contribution in [3.63, 3.8) is 0 Å². The normalized spacial score (nSPS) is 33.8. The molecule has 3 N–H and O–H groups in total. The van der Waals surface area contributed by atoms with Crippen LogP contribution in [0.15, 0.2) is 0 Å². The van der Waals surface area contributed by atoms with E-state index in [4.69, 9.17) is 5.73 Å². The first kappa shape index (κ1) is 9.01. The lowest BCUT2D eigenvalue weighted by Gasteiger charge is -2.22. The summed E-state index contributed by atoms with van der Waals surface area (Å²) in [4.78, 5) is 0. The SMILES string of the molecule is CC(C)C1CCCCC(N)N1. The topological polar surface area (TPSA) is 38.0 Å². The lowest BCUT2D eigenvalue weighted by atomic mass is 10.00. The number of hydrogen-bond acceptors (Lipinski definition) is 2. The quantitative estimate of drug-likeness (QED) is 0.603. The maximum atomic E-state index is 5.85. The van der Waals surface area contributed by atoms with Gasteiger partial charge in [-0.1, -0.05) is 26.7 Å². The van der Waals surface area contributed by atoms with Gasteiger partial charge in [0.1, 0.15) is 0 Å². The van der Waals surface area contributed by atoms with Gasteiger partial charge in [0.2, 0.25) is 0 Å². The molecule has 1 fully saturated rings. The Kier molecular flexibility index (Phi) is 3.34. The molecule has 66 valence electrons. The molecule has 0 aliphatic carbocycles. The van der Waals surface area contributed by atoms with Gasteiger partial charge in [-0.3, -0.25) is 5.32 Å². The van der Waals surface area contributed by atoms with Gasteiger partial charge in [-0.2, -0.15) is 0 Å². The van der Waals surface area contributed by atoms with E-state index in [1.165, 1.54) is 19.3 Å². The summed E-state index contributed by atoms with van der Waals surface area (Å²) in [6.07, 6.45) is 5.31. The molecule has 0 aromatic rings. The van der Waals surface area contributed by atoms with Crippen molar-refractivity contribution >= 4 is 0 Å². The second-order valence-electron chi connectivity index (χ2n) is 3.91. The molecule has 0 bridgehead atoms. The summed E-state index contributed by atoms with van der Waals surface area (Å²) in [6.45, 7) is 4.52. The van der Waals surface area contributed by atoms with Gasteiger partial charge in [0.15, 0.2) is 0 Å². The van der Waals surface area contributed by atoms with Gasteiger partial charge in [-0.15, -0.1) is 0 Å². The summed E-state index contributed by atoms with van der Waals surface area (Å²) < 4.78 is 0. The average molecular weight is 156 g/mol. The summed E-state index contributed by atoms with van der Waals surface area (Å²) in [5.74, 6) is 0.721. The Hall–Kier alpha value is -0.0800. The van der Waals surface area contributed by atoms with Gasteiger partial charge in [0, 0.05) is 6.04 Å². The van der Waals surface area contributed by atoms with Gasteiger partial charge in [0.05, 0.1) is 6.17 Å². The zero-order chi connectivity index (χ0) is 8.27. The van der Waals surface area contributed by atoms with Crippen molar-refractivity contribution in [2.45, 2.75) is 51.7 Å². The van der Waals surface area contributed by atoms with Crippen LogP contribution in [-0.2, 0) is 0 Å². The largest absolute Gasteiger partial charge is 0.316 e. The van der Waals surface area contributed by atoms with E-state index in [-0.39, 0.29) is 6.17 Å². The Morgan fingerprint density at radius 2 is 1.91 bits per heavy atom. The highest BCUT2D eigenvalue weighted by Gasteiger charge is 2.18. The molecule has 0 saturated carbocycles. The van der Waals surface area contributed by atoms with E-state index in [0.717, 1.165) is 12.3 Å². The lowest BCUT2D eigenvalue weighted by molar-refractivity contribution is 0.355. The molecule has 1 saturated heterocycles. The van der Waals surface area contributed by atoms with Gasteiger partial charge in [0.25, 0.3) is 0 Å². The minimum absolute atomic E-state index is 0.241. The van der Waals surface area contributed by atoms with Crippen molar-refractivity contribution in [3.05, 3.63) is 0 Å². The predicted octanol–water partition coefficient (Wildman–Crippen LogP) is 1.46. The molecule has 2 nitrogen and oxygen atoms in total. The molecule has 2 heteroatoms. The van der Waals surface area contributed by atoms with E-state index < -0.39 is 0 Å². The zero-order valence-electron chi connectivity index (χ0n) is 7.64. The van der Waals surface area contributed by atoms with Crippen LogP contribution in [0.4, 0.5) is 0 Å². The third kappa shape index (κ3) is 2.80. The number of hydrogen-bond donors (Lipinski definition) is 2. The molecule has 0 spiro atoms. The van der Waals surface area contributed by atoms with Crippen molar-refractivity contribution in [1.29, 1.82) is 0 Å². The molecular formula is C9H20N2. The minimum atomic E-state index is 0.241. The second kappa shape index (κ2) is 4.07. The van der Waals surface area contributed by atoms with Gasteiger partial charge < -0.3 is 5.73 Å². The third-order valence-electron chi connectivity index (χ3n) is 2.51. The highest BCUT2D eigenvalue weighted by molar-refractivity contribution is 4.77. The first-order valence-electron chi connectivity index (χ1n) is 4.72. The van der Waals surface area contributed by atoms with E-state index in [1.807, 2.05) is 0 Å². The first-order chi connectivity index (χ1) is 5.20. The van der Waals surface area contributed by atoms with E-state index >= 15 is 0 Å². The summed E-state index contributed by atoms with van der Waals surface area (Å²) in [5.41, 5.74) is 5.85. The molecule has 1 aliphatic rings. The summed E-state index contributed by atoms with van der Waals surface area (Å²) in [7, 11) is 0. The van der Waals surface area contributed by atoms with Crippen molar-refractivity contribution < 1.29 is 0 Å². The van der Waals surface area contributed by atoms with Crippen molar-refractivity contribution in [2.75, 3.05) is 0 Å². The fourth-order valence-electron chi connectivity index (χ4n) is 1.70. The van der Waals surface area contributed by atoms with E-state index in [2.05, 4.69) is 19.2 Å². The Balaban J connectivity index is 2.39. The molecular weight excluding hydrogens is 136 g/mol. The van der Waals surface area contributed by atoms with Crippen LogP contribution in [0, 0.1) is 5.92 Å². The molecule has 11 heavy (non-hydrogen) atoms. The highest BCUT2D eigenvalue weighted by atomic mass is 15.1. The fourth-order valence-corrected chi connectivity index (χ4v) is 1.70. The first-order valence-corrected chi connectivity index (χ1v) is 4.72. The van der Waals surface area contributed by atoms with Crippen molar-refractivity contribution in [3.8, 4) is 0 Å². The maximum absolute atomic E-state index is 5.85. The van der Waals surface area contributed by atoms with E-state index in [0.29, 0.717) is 6.04 Å². The van der Waals surface area contributed by atoms with Crippen molar-refractivity contribution in [2.24, 2.45) is 11.7 Å². The number of nitrogens with one attached hydrogen (secondary N) is 1. The van der Waals surface area contributed by atoms with Crippen LogP contribution in [0.3, 0.4) is 0 Å². The molecule has 1 rings (SSSR count). The van der Waals surface area contributed by atoms with Crippen LogP contribution >= 0.6 is 0 Å². The lowest BCUT2D eigenvalue weighted by Crippen LogP contribution is -2.44. The van der Waals surface area contributed by atoms with E-state index in [1.54, 1.807) is 0 Å². The Morgan fingerprint density at radius 1 is 1.27 bits per heavy atom. The molecule has 0 aromatic carbocycles. The molecule has 2 unspecified atom stereocenters. The minimum Gasteiger partial charge on any atom is -0.316 e. The van der Waals surface area contributed by atoms with Crippen LogP contribution < -0.4 is 11.1 Å². The van der Waals surface area contributed by atoms with Crippen molar-refractivity contribution in [1.82, 2.24) is 5.32 Å². The summed E-state index contributed by atoms with van der Waals surface area (Å²) >= 11 is 0. The molecule has 0 radical (unpaired) electrons. The average Bonchev–Trinajstić information content (AvgIpc) is 2.13. The van der Waals surface area contributed by atoms with Crippen LogP contribution in [0.5, 0.6) is 0 Å². The molecule has 2 atom stereocenters. The maximum Gasteiger partial charge on any atom is 0.0548 e. The van der Waals surface area contributed by atoms with Gasteiger partial charge >= 0.3 is 0 Å². The smallest absolute Gasteiger partial charge is 0.0548 e. The van der Waals surface area contributed by atoms with Crippen LogP contribution in [-0.4, -0.2) is 12.2 Å². The Bertz CT molecular complexity index is 112. The number of nitrogens with two attached hydrogens (primary N) is 1. The predicted molar refractivity (Wildman–Crippen MR) is 48.2 cm³/mol. The molecule has 0 amide bonds. The molecule has 1 aliphatic heterocycles.